The van der Waals surface area contributed by atoms with E-state index in [1.54, 1.807) is 0 Å². The predicted octanol–water partition coefficient (Wildman–Crippen LogP) is 3.68. The van der Waals surface area contributed by atoms with Crippen molar-refractivity contribution in [2.45, 2.75) is 13.1 Å². The second-order valence-corrected chi connectivity index (χ2v) is 4.97. The van der Waals surface area contributed by atoms with Gasteiger partial charge in [-0.3, -0.25) is 0 Å². The maximum absolute atomic E-state index is 6.10. The number of halogens is 1. The van der Waals surface area contributed by atoms with Crippen molar-refractivity contribution in [1.82, 2.24) is 15.5 Å². The fourth-order valence-electron chi connectivity index (χ4n) is 1.97. The first-order valence-corrected chi connectivity index (χ1v) is 7.02. The molecule has 1 N–H and O–H groups in total. The van der Waals surface area contributed by atoms with Crippen LogP contribution in [0.25, 0.3) is 11.5 Å². The van der Waals surface area contributed by atoms with Crippen LogP contribution in [0.15, 0.2) is 59.0 Å². The number of nitrogens with zero attached hydrogens (tertiary/aromatic N) is 2. The molecule has 0 bridgehead atoms. The van der Waals surface area contributed by atoms with Crippen LogP contribution in [0, 0.1) is 0 Å². The number of hydrogen-bond acceptors (Lipinski definition) is 4. The molecule has 0 amide bonds. The molecule has 0 aliphatic carbocycles. The Balaban J connectivity index is 1.60. The fourth-order valence-corrected chi connectivity index (χ4v) is 2.17. The van der Waals surface area contributed by atoms with Gasteiger partial charge >= 0.3 is 0 Å². The minimum absolute atomic E-state index is 0.505. The van der Waals surface area contributed by atoms with Crippen LogP contribution in [0.5, 0.6) is 0 Å². The Morgan fingerprint density at radius 2 is 1.67 bits per heavy atom. The molecule has 106 valence electrons. The highest BCUT2D eigenvalue weighted by Crippen LogP contribution is 2.17. The SMILES string of the molecule is Clc1ccccc1CNCc1nnc(-c2ccccc2)o1. The van der Waals surface area contributed by atoms with E-state index >= 15 is 0 Å². The largest absolute Gasteiger partial charge is 0.419 e. The molecule has 0 radical (unpaired) electrons. The summed E-state index contributed by atoms with van der Waals surface area (Å²) in [7, 11) is 0. The molecule has 0 spiro atoms. The molecular weight excluding hydrogens is 286 g/mol. The quantitative estimate of drug-likeness (QED) is 0.781. The van der Waals surface area contributed by atoms with E-state index in [9.17, 15) is 0 Å². The Morgan fingerprint density at radius 1 is 0.905 bits per heavy atom. The van der Waals surface area contributed by atoms with E-state index in [-0.39, 0.29) is 0 Å². The number of hydrogen-bond donors (Lipinski definition) is 1. The summed E-state index contributed by atoms with van der Waals surface area (Å²) in [5, 5.41) is 12.1. The third kappa shape index (κ3) is 3.48. The van der Waals surface area contributed by atoms with E-state index in [1.807, 2.05) is 54.6 Å². The van der Waals surface area contributed by atoms with Gasteiger partial charge in [-0.25, -0.2) is 0 Å². The van der Waals surface area contributed by atoms with Crippen LogP contribution >= 0.6 is 11.6 Å². The zero-order valence-electron chi connectivity index (χ0n) is 11.3. The molecule has 3 aromatic rings. The van der Waals surface area contributed by atoms with Gasteiger partial charge in [0.05, 0.1) is 6.54 Å². The summed E-state index contributed by atoms with van der Waals surface area (Å²) in [5.74, 6) is 1.09. The summed E-state index contributed by atoms with van der Waals surface area (Å²) in [6.45, 7) is 1.16. The maximum atomic E-state index is 6.10. The predicted molar refractivity (Wildman–Crippen MR) is 81.7 cm³/mol. The molecule has 1 aromatic heterocycles. The lowest BCUT2D eigenvalue weighted by molar-refractivity contribution is 0.477. The molecular formula is C16H14ClN3O. The van der Waals surface area contributed by atoms with Gasteiger partial charge in [0, 0.05) is 17.1 Å². The Bertz CT molecular complexity index is 712. The molecule has 5 heteroatoms. The minimum atomic E-state index is 0.505. The Kier molecular flexibility index (Phi) is 4.28. The average molecular weight is 300 g/mol. The zero-order valence-corrected chi connectivity index (χ0v) is 12.0. The lowest BCUT2D eigenvalue weighted by atomic mass is 10.2. The summed E-state index contributed by atoms with van der Waals surface area (Å²) in [5.41, 5.74) is 1.96. The summed E-state index contributed by atoms with van der Waals surface area (Å²) >= 11 is 6.10. The highest BCUT2D eigenvalue weighted by Gasteiger charge is 2.07. The van der Waals surface area contributed by atoms with Crippen LogP contribution in [0.3, 0.4) is 0 Å². The van der Waals surface area contributed by atoms with Gasteiger partial charge in [-0.05, 0) is 23.8 Å². The van der Waals surface area contributed by atoms with Crippen LogP contribution in [0.4, 0.5) is 0 Å². The molecule has 0 aliphatic rings. The molecule has 3 rings (SSSR count). The maximum Gasteiger partial charge on any atom is 0.247 e. The monoisotopic (exact) mass is 299 g/mol. The van der Waals surface area contributed by atoms with Gasteiger partial charge in [0.15, 0.2) is 0 Å². The van der Waals surface area contributed by atoms with Crippen molar-refractivity contribution in [1.29, 1.82) is 0 Å². The molecule has 1 heterocycles. The second-order valence-electron chi connectivity index (χ2n) is 4.56. The van der Waals surface area contributed by atoms with Crippen LogP contribution in [0.2, 0.25) is 5.02 Å². The van der Waals surface area contributed by atoms with Gasteiger partial charge < -0.3 is 9.73 Å². The van der Waals surface area contributed by atoms with E-state index < -0.39 is 0 Å². The van der Waals surface area contributed by atoms with E-state index in [0.717, 1.165) is 16.1 Å². The first-order chi connectivity index (χ1) is 10.3. The standard InChI is InChI=1S/C16H14ClN3O/c17-14-9-5-4-8-13(14)10-18-11-15-19-20-16(21-15)12-6-2-1-3-7-12/h1-9,18H,10-11H2. The topological polar surface area (TPSA) is 51.0 Å². The Morgan fingerprint density at radius 3 is 2.48 bits per heavy atom. The van der Waals surface area contributed by atoms with Gasteiger partial charge in [-0.1, -0.05) is 48.0 Å². The first kappa shape index (κ1) is 13.8. The van der Waals surface area contributed by atoms with E-state index in [1.165, 1.54) is 0 Å². The molecule has 0 fully saturated rings. The van der Waals surface area contributed by atoms with Gasteiger partial charge in [0.2, 0.25) is 11.8 Å². The van der Waals surface area contributed by atoms with E-state index in [2.05, 4.69) is 15.5 Å². The van der Waals surface area contributed by atoms with Crippen molar-refractivity contribution < 1.29 is 4.42 Å². The lowest BCUT2D eigenvalue weighted by Crippen LogP contribution is -2.13. The molecule has 0 unspecified atom stereocenters. The van der Waals surface area contributed by atoms with Gasteiger partial charge in [-0.15, -0.1) is 10.2 Å². The van der Waals surface area contributed by atoms with Crippen molar-refractivity contribution in [3.05, 3.63) is 71.1 Å². The van der Waals surface area contributed by atoms with Crippen LogP contribution in [-0.4, -0.2) is 10.2 Å². The van der Waals surface area contributed by atoms with Crippen LogP contribution in [0.1, 0.15) is 11.5 Å². The number of nitrogens with one attached hydrogen (secondary N) is 1. The molecule has 21 heavy (non-hydrogen) atoms. The molecule has 0 saturated carbocycles. The number of rotatable bonds is 5. The highest BCUT2D eigenvalue weighted by atomic mass is 35.5. The minimum Gasteiger partial charge on any atom is -0.419 e. The van der Waals surface area contributed by atoms with Crippen molar-refractivity contribution in [3.8, 4) is 11.5 Å². The van der Waals surface area contributed by atoms with Crippen molar-refractivity contribution in [3.63, 3.8) is 0 Å². The fraction of sp³-hybridized carbons (Fsp3) is 0.125. The van der Waals surface area contributed by atoms with Gasteiger partial charge in [0.1, 0.15) is 0 Å². The van der Waals surface area contributed by atoms with Gasteiger partial charge in [0.25, 0.3) is 0 Å². The Labute approximate surface area is 127 Å². The summed E-state index contributed by atoms with van der Waals surface area (Å²) in [4.78, 5) is 0. The molecule has 0 atom stereocenters. The molecule has 4 nitrogen and oxygen atoms in total. The third-order valence-electron chi connectivity index (χ3n) is 3.04. The molecule has 0 aliphatic heterocycles. The van der Waals surface area contributed by atoms with Crippen LogP contribution < -0.4 is 5.32 Å². The zero-order chi connectivity index (χ0) is 14.5. The summed E-state index contributed by atoms with van der Waals surface area (Å²) in [6, 6.07) is 17.4. The summed E-state index contributed by atoms with van der Waals surface area (Å²) < 4.78 is 5.62. The summed E-state index contributed by atoms with van der Waals surface area (Å²) in [6.07, 6.45) is 0. The third-order valence-corrected chi connectivity index (χ3v) is 3.41. The van der Waals surface area contributed by atoms with Gasteiger partial charge in [-0.2, -0.15) is 0 Å². The lowest BCUT2D eigenvalue weighted by Gasteiger charge is -2.04. The Hall–Kier alpha value is -2.17. The van der Waals surface area contributed by atoms with Crippen molar-refractivity contribution >= 4 is 11.6 Å². The second kappa shape index (κ2) is 6.52. The van der Waals surface area contributed by atoms with Crippen molar-refractivity contribution in [2.24, 2.45) is 0 Å². The molecule has 2 aromatic carbocycles. The van der Waals surface area contributed by atoms with E-state index in [4.69, 9.17) is 16.0 Å². The first-order valence-electron chi connectivity index (χ1n) is 6.65. The highest BCUT2D eigenvalue weighted by molar-refractivity contribution is 6.31. The van der Waals surface area contributed by atoms with E-state index in [0.29, 0.717) is 24.9 Å². The normalized spacial score (nSPS) is 10.7. The number of aromatic nitrogens is 2. The number of benzene rings is 2. The van der Waals surface area contributed by atoms with Crippen LogP contribution in [-0.2, 0) is 13.1 Å². The van der Waals surface area contributed by atoms with Crippen molar-refractivity contribution in [2.75, 3.05) is 0 Å². The smallest absolute Gasteiger partial charge is 0.247 e. The molecule has 0 saturated heterocycles. The average Bonchev–Trinajstić information content (AvgIpc) is 2.99.